The van der Waals surface area contributed by atoms with Crippen molar-refractivity contribution in [3.8, 4) is 0 Å². The Hall–Kier alpha value is -1.17. The topological polar surface area (TPSA) is 64.3 Å². The van der Waals surface area contributed by atoms with Gasteiger partial charge in [-0.3, -0.25) is 10.1 Å². The number of carbonyl (C=O) groups is 1. The van der Waals surface area contributed by atoms with Gasteiger partial charge in [-0.05, 0) is 23.8 Å². The van der Waals surface area contributed by atoms with Gasteiger partial charge < -0.3 is 10.5 Å². The minimum Gasteiger partial charge on any atom is -0.383 e. The number of amides is 1. The molecule has 0 saturated carbocycles. The first kappa shape index (κ1) is 13.9. The molecule has 1 aromatic carbocycles. The van der Waals surface area contributed by atoms with Crippen LogP contribution in [0.3, 0.4) is 0 Å². The SMILES string of the molecule is COCCNC(C(N)=O)c1cc(F)cc(Cl)c1. The lowest BCUT2D eigenvalue weighted by atomic mass is 10.1. The molecular weight excluding hydrogens is 247 g/mol. The summed E-state index contributed by atoms with van der Waals surface area (Å²) >= 11 is 5.72. The first-order valence-electron chi connectivity index (χ1n) is 5.02. The lowest BCUT2D eigenvalue weighted by Crippen LogP contribution is -2.35. The fourth-order valence-electron chi connectivity index (χ4n) is 1.43. The van der Waals surface area contributed by atoms with Gasteiger partial charge in [0.05, 0.1) is 6.61 Å². The van der Waals surface area contributed by atoms with E-state index in [4.69, 9.17) is 22.1 Å². The highest BCUT2D eigenvalue weighted by Gasteiger charge is 2.18. The molecule has 0 aliphatic heterocycles. The second-order valence-corrected chi connectivity index (χ2v) is 3.92. The van der Waals surface area contributed by atoms with E-state index in [1.807, 2.05) is 0 Å². The number of hydrogen-bond acceptors (Lipinski definition) is 3. The first-order valence-corrected chi connectivity index (χ1v) is 5.40. The molecule has 0 radical (unpaired) electrons. The smallest absolute Gasteiger partial charge is 0.239 e. The fourth-order valence-corrected chi connectivity index (χ4v) is 1.66. The summed E-state index contributed by atoms with van der Waals surface area (Å²) in [5, 5.41) is 3.09. The van der Waals surface area contributed by atoms with Crippen LogP contribution in [0.4, 0.5) is 4.39 Å². The lowest BCUT2D eigenvalue weighted by Gasteiger charge is -2.16. The van der Waals surface area contributed by atoms with Gasteiger partial charge in [0.1, 0.15) is 11.9 Å². The van der Waals surface area contributed by atoms with Crippen LogP contribution in [0.15, 0.2) is 18.2 Å². The summed E-state index contributed by atoms with van der Waals surface area (Å²) in [7, 11) is 1.54. The second kappa shape index (κ2) is 6.54. The highest BCUT2D eigenvalue weighted by molar-refractivity contribution is 6.30. The number of carbonyl (C=O) groups excluding carboxylic acids is 1. The van der Waals surface area contributed by atoms with Crippen LogP contribution in [0, 0.1) is 5.82 Å². The summed E-state index contributed by atoms with van der Waals surface area (Å²) < 4.78 is 18.0. The van der Waals surface area contributed by atoms with Gasteiger partial charge in [-0.1, -0.05) is 11.6 Å². The Labute approximate surface area is 104 Å². The van der Waals surface area contributed by atoms with E-state index in [0.717, 1.165) is 6.07 Å². The third kappa shape index (κ3) is 4.30. The molecule has 1 rings (SSSR count). The van der Waals surface area contributed by atoms with Gasteiger partial charge in [0.2, 0.25) is 5.91 Å². The van der Waals surface area contributed by atoms with Crippen molar-refractivity contribution >= 4 is 17.5 Å². The van der Waals surface area contributed by atoms with Gasteiger partial charge in [0, 0.05) is 18.7 Å². The zero-order valence-electron chi connectivity index (χ0n) is 9.37. The molecule has 1 atom stereocenters. The molecule has 0 aromatic heterocycles. The average molecular weight is 261 g/mol. The number of primary amides is 1. The van der Waals surface area contributed by atoms with E-state index in [1.54, 1.807) is 7.11 Å². The fraction of sp³-hybridized carbons (Fsp3) is 0.364. The highest BCUT2D eigenvalue weighted by atomic mass is 35.5. The quantitative estimate of drug-likeness (QED) is 0.757. The van der Waals surface area contributed by atoms with Crippen LogP contribution in [0.5, 0.6) is 0 Å². The number of methoxy groups -OCH3 is 1. The normalized spacial score (nSPS) is 12.4. The van der Waals surface area contributed by atoms with Crippen molar-refractivity contribution < 1.29 is 13.9 Å². The minimum atomic E-state index is -0.779. The zero-order chi connectivity index (χ0) is 12.8. The molecule has 4 nitrogen and oxygen atoms in total. The maximum atomic E-state index is 13.2. The molecule has 6 heteroatoms. The maximum absolute atomic E-state index is 13.2. The van der Waals surface area contributed by atoms with Crippen molar-refractivity contribution in [2.24, 2.45) is 5.73 Å². The van der Waals surface area contributed by atoms with E-state index in [1.165, 1.54) is 12.1 Å². The van der Waals surface area contributed by atoms with E-state index in [-0.39, 0.29) is 5.02 Å². The van der Waals surface area contributed by atoms with Gasteiger partial charge in [0.25, 0.3) is 0 Å². The predicted molar refractivity (Wildman–Crippen MR) is 63.2 cm³/mol. The van der Waals surface area contributed by atoms with Crippen LogP contribution in [-0.2, 0) is 9.53 Å². The molecule has 0 spiro atoms. The van der Waals surface area contributed by atoms with Crippen LogP contribution >= 0.6 is 11.6 Å². The number of benzene rings is 1. The molecule has 94 valence electrons. The second-order valence-electron chi connectivity index (χ2n) is 3.49. The first-order chi connectivity index (χ1) is 8.04. The molecular formula is C11H14ClFN2O2. The van der Waals surface area contributed by atoms with E-state index in [0.29, 0.717) is 18.7 Å². The van der Waals surface area contributed by atoms with Gasteiger partial charge in [0.15, 0.2) is 0 Å². The zero-order valence-corrected chi connectivity index (χ0v) is 10.1. The summed E-state index contributed by atoms with van der Waals surface area (Å²) in [5.41, 5.74) is 5.64. The van der Waals surface area contributed by atoms with Crippen molar-refractivity contribution in [3.63, 3.8) is 0 Å². The molecule has 0 bridgehead atoms. The third-order valence-electron chi connectivity index (χ3n) is 2.16. The molecule has 1 unspecified atom stereocenters. The van der Waals surface area contributed by atoms with Gasteiger partial charge in [-0.25, -0.2) is 4.39 Å². The number of nitrogens with two attached hydrogens (primary N) is 1. The Morgan fingerprint density at radius 2 is 2.29 bits per heavy atom. The Morgan fingerprint density at radius 3 is 2.82 bits per heavy atom. The van der Waals surface area contributed by atoms with E-state index in [2.05, 4.69) is 5.32 Å². The largest absolute Gasteiger partial charge is 0.383 e. The maximum Gasteiger partial charge on any atom is 0.239 e. The summed E-state index contributed by atoms with van der Waals surface area (Å²) in [4.78, 5) is 11.3. The number of halogens is 2. The van der Waals surface area contributed by atoms with E-state index < -0.39 is 17.8 Å². The third-order valence-corrected chi connectivity index (χ3v) is 2.38. The lowest BCUT2D eigenvalue weighted by molar-refractivity contribution is -0.120. The molecule has 0 aliphatic rings. The predicted octanol–water partition coefficient (Wildman–Crippen LogP) is 1.24. The minimum absolute atomic E-state index is 0.222. The van der Waals surface area contributed by atoms with Crippen molar-refractivity contribution in [3.05, 3.63) is 34.6 Å². The van der Waals surface area contributed by atoms with Crippen molar-refractivity contribution in [2.75, 3.05) is 20.3 Å². The van der Waals surface area contributed by atoms with Gasteiger partial charge in [-0.15, -0.1) is 0 Å². The standard InChI is InChI=1S/C11H14ClFN2O2/c1-17-3-2-15-10(11(14)16)7-4-8(12)6-9(13)5-7/h4-6,10,15H,2-3H2,1H3,(H2,14,16). The summed E-state index contributed by atoms with van der Waals surface area (Å²) in [6, 6.07) is 3.11. The molecule has 0 heterocycles. The Bertz CT molecular complexity index is 381. The molecule has 0 fully saturated rings. The van der Waals surface area contributed by atoms with Crippen LogP contribution in [0.2, 0.25) is 5.02 Å². The number of nitrogens with one attached hydrogen (secondary N) is 1. The molecule has 1 aromatic rings. The van der Waals surface area contributed by atoms with Crippen LogP contribution in [0.25, 0.3) is 0 Å². The van der Waals surface area contributed by atoms with Gasteiger partial charge in [-0.2, -0.15) is 0 Å². The van der Waals surface area contributed by atoms with Crippen LogP contribution < -0.4 is 11.1 Å². The summed E-state index contributed by atoms with van der Waals surface area (Å²) in [6.07, 6.45) is 0. The number of ether oxygens (including phenoxy) is 1. The van der Waals surface area contributed by atoms with Crippen molar-refractivity contribution in [2.45, 2.75) is 6.04 Å². The molecule has 1 amide bonds. The van der Waals surface area contributed by atoms with Crippen LogP contribution in [-0.4, -0.2) is 26.2 Å². The Kier molecular flexibility index (Phi) is 5.34. The molecule has 3 N–H and O–H groups in total. The summed E-state index contributed by atoms with van der Waals surface area (Å²) in [5.74, 6) is -1.10. The van der Waals surface area contributed by atoms with E-state index >= 15 is 0 Å². The summed E-state index contributed by atoms with van der Waals surface area (Å²) in [6.45, 7) is 0.852. The highest BCUT2D eigenvalue weighted by Crippen LogP contribution is 2.19. The van der Waals surface area contributed by atoms with Crippen molar-refractivity contribution in [1.29, 1.82) is 0 Å². The Morgan fingerprint density at radius 1 is 1.59 bits per heavy atom. The number of hydrogen-bond donors (Lipinski definition) is 2. The van der Waals surface area contributed by atoms with E-state index in [9.17, 15) is 9.18 Å². The van der Waals surface area contributed by atoms with Gasteiger partial charge >= 0.3 is 0 Å². The molecule has 17 heavy (non-hydrogen) atoms. The van der Waals surface area contributed by atoms with Crippen LogP contribution in [0.1, 0.15) is 11.6 Å². The molecule has 0 aliphatic carbocycles. The number of rotatable bonds is 6. The monoisotopic (exact) mass is 260 g/mol. The van der Waals surface area contributed by atoms with Crippen molar-refractivity contribution in [1.82, 2.24) is 5.32 Å². The Balaban J connectivity index is 2.85. The molecule has 0 saturated heterocycles. The average Bonchev–Trinajstić information content (AvgIpc) is 2.22.